The van der Waals surface area contributed by atoms with Gasteiger partial charge in [-0.1, -0.05) is 26.0 Å². The fraction of sp³-hybridized carbons (Fsp3) is 0.370. The number of benzene rings is 1. The second kappa shape index (κ2) is 11.6. The van der Waals surface area contributed by atoms with Crippen LogP contribution in [0, 0.1) is 13.8 Å². The van der Waals surface area contributed by atoms with Crippen LogP contribution in [0.4, 0.5) is 0 Å². The number of H-pyrrole nitrogens is 2. The number of nitrogens with one attached hydrogen (secondary N) is 2. The average molecular weight is 495 g/mol. The summed E-state index contributed by atoms with van der Waals surface area (Å²) in [5, 5.41) is 18.7. The standard InChI is InChI=1S/C27H34N4O5/c1-8-9-11-19-22(23-20(34-6)12-10-13-21(23)35-7)25(32)24(26(33)29-19)27(28-5)36-15(2)14-18-16(3)30-31-17(18)4/h10,12-13H,2,8-9,11,14H2,1,3-7H3,(H,30,31)(H2,29,32,33). The van der Waals surface area contributed by atoms with Crippen molar-refractivity contribution in [2.75, 3.05) is 21.3 Å². The molecule has 36 heavy (non-hydrogen) atoms. The summed E-state index contributed by atoms with van der Waals surface area (Å²) in [5.74, 6) is 1.03. The minimum absolute atomic E-state index is 0.0466. The first-order valence-corrected chi connectivity index (χ1v) is 11.8. The quantitative estimate of drug-likeness (QED) is 0.215. The largest absolute Gasteiger partial charge is 0.506 e. The van der Waals surface area contributed by atoms with E-state index in [4.69, 9.17) is 14.2 Å². The van der Waals surface area contributed by atoms with Crippen LogP contribution in [0.1, 0.15) is 48.0 Å². The smallest absolute Gasteiger partial charge is 0.264 e. The lowest BCUT2D eigenvalue weighted by Crippen LogP contribution is -2.23. The minimum atomic E-state index is -0.514. The third-order valence-corrected chi connectivity index (χ3v) is 6.04. The second-order valence-corrected chi connectivity index (χ2v) is 8.43. The van der Waals surface area contributed by atoms with Crippen molar-refractivity contribution in [1.82, 2.24) is 15.2 Å². The zero-order valence-electron chi connectivity index (χ0n) is 21.7. The van der Waals surface area contributed by atoms with Crippen LogP contribution < -0.4 is 15.0 Å². The summed E-state index contributed by atoms with van der Waals surface area (Å²) in [6.07, 6.45) is 2.63. The molecule has 3 N–H and O–H groups in total. The summed E-state index contributed by atoms with van der Waals surface area (Å²) >= 11 is 0. The number of nitrogens with zero attached hydrogens (tertiary/aromatic N) is 2. The fourth-order valence-corrected chi connectivity index (χ4v) is 4.16. The van der Waals surface area contributed by atoms with E-state index in [-0.39, 0.29) is 17.2 Å². The van der Waals surface area contributed by atoms with Crippen molar-refractivity contribution < 1.29 is 19.3 Å². The van der Waals surface area contributed by atoms with Gasteiger partial charge >= 0.3 is 0 Å². The number of aromatic nitrogens is 3. The molecule has 192 valence electrons. The van der Waals surface area contributed by atoms with Gasteiger partial charge in [0.15, 0.2) is 0 Å². The number of pyridine rings is 1. The van der Waals surface area contributed by atoms with Crippen molar-refractivity contribution >= 4 is 5.90 Å². The summed E-state index contributed by atoms with van der Waals surface area (Å²) in [4.78, 5) is 20.4. The predicted molar refractivity (Wildman–Crippen MR) is 140 cm³/mol. The molecule has 0 aliphatic heterocycles. The number of aliphatic imine (C=N–C) groups is 1. The number of hydrogen-bond donors (Lipinski definition) is 3. The van der Waals surface area contributed by atoms with E-state index in [1.165, 1.54) is 7.05 Å². The molecule has 0 saturated carbocycles. The van der Waals surface area contributed by atoms with Crippen LogP contribution >= 0.6 is 0 Å². The molecule has 0 fully saturated rings. The van der Waals surface area contributed by atoms with E-state index >= 15 is 0 Å². The Labute approximate surface area is 210 Å². The van der Waals surface area contributed by atoms with Gasteiger partial charge in [0, 0.05) is 30.4 Å². The van der Waals surface area contributed by atoms with Crippen LogP contribution in [0.15, 0.2) is 40.3 Å². The van der Waals surface area contributed by atoms with Crippen molar-refractivity contribution in [2.45, 2.75) is 46.5 Å². The number of methoxy groups -OCH3 is 2. The zero-order valence-corrected chi connectivity index (χ0v) is 21.7. The average Bonchev–Trinajstić information content (AvgIpc) is 3.18. The number of allylic oxidation sites excluding steroid dienone is 1. The molecule has 0 aliphatic carbocycles. The molecule has 1 aromatic carbocycles. The Bertz CT molecular complexity index is 1290. The molecule has 0 unspecified atom stereocenters. The maximum Gasteiger partial charge on any atom is 0.264 e. The minimum Gasteiger partial charge on any atom is -0.506 e. The second-order valence-electron chi connectivity index (χ2n) is 8.43. The van der Waals surface area contributed by atoms with E-state index in [2.05, 4.69) is 33.7 Å². The SMILES string of the molecule is C=C(Cc1c(C)n[nH]c1C)OC(=NC)c1c(O)c(-c2c(OC)cccc2OC)c(CCCC)[nH]c1=O. The summed E-state index contributed by atoms with van der Waals surface area (Å²) in [5.41, 5.74) is 3.58. The Balaban J connectivity index is 2.15. The first-order valence-electron chi connectivity index (χ1n) is 11.8. The molecule has 0 bridgehead atoms. The molecular formula is C27H34N4O5. The highest BCUT2D eigenvalue weighted by Crippen LogP contribution is 2.44. The molecule has 0 aliphatic rings. The Kier molecular flexibility index (Phi) is 8.58. The molecule has 0 amide bonds. The highest BCUT2D eigenvalue weighted by atomic mass is 16.5. The Morgan fingerprint density at radius 3 is 2.36 bits per heavy atom. The fourth-order valence-electron chi connectivity index (χ4n) is 4.16. The third-order valence-electron chi connectivity index (χ3n) is 6.04. The number of rotatable bonds is 10. The maximum absolute atomic E-state index is 13.2. The zero-order chi connectivity index (χ0) is 26.4. The summed E-state index contributed by atoms with van der Waals surface area (Å²) in [7, 11) is 4.57. The van der Waals surface area contributed by atoms with Crippen molar-refractivity contribution in [1.29, 1.82) is 0 Å². The molecule has 9 nitrogen and oxygen atoms in total. The van der Waals surface area contributed by atoms with E-state index in [1.54, 1.807) is 32.4 Å². The van der Waals surface area contributed by atoms with Crippen molar-refractivity contribution in [3.63, 3.8) is 0 Å². The predicted octanol–water partition coefficient (Wildman–Crippen LogP) is 4.60. The van der Waals surface area contributed by atoms with Gasteiger partial charge in [0.2, 0.25) is 5.90 Å². The summed E-state index contributed by atoms with van der Waals surface area (Å²) < 4.78 is 17.1. The molecular weight excluding hydrogens is 460 g/mol. The van der Waals surface area contributed by atoms with Crippen LogP contribution in [0.5, 0.6) is 17.2 Å². The van der Waals surface area contributed by atoms with Crippen molar-refractivity contribution in [3.05, 3.63) is 69.1 Å². The molecule has 0 spiro atoms. The van der Waals surface area contributed by atoms with Crippen molar-refractivity contribution in [2.24, 2.45) is 4.99 Å². The Morgan fingerprint density at radius 1 is 1.17 bits per heavy atom. The number of aryl methyl sites for hydroxylation is 3. The van der Waals surface area contributed by atoms with E-state index in [1.807, 2.05) is 13.8 Å². The Morgan fingerprint density at radius 2 is 1.83 bits per heavy atom. The van der Waals surface area contributed by atoms with Crippen LogP contribution in [0.25, 0.3) is 11.1 Å². The molecule has 2 heterocycles. The van der Waals surface area contributed by atoms with E-state index in [9.17, 15) is 9.90 Å². The van der Waals surface area contributed by atoms with E-state index in [0.717, 1.165) is 29.8 Å². The van der Waals surface area contributed by atoms with Crippen LogP contribution in [-0.2, 0) is 17.6 Å². The number of aromatic amines is 2. The van der Waals surface area contributed by atoms with Crippen molar-refractivity contribution in [3.8, 4) is 28.4 Å². The molecule has 3 rings (SSSR count). The lowest BCUT2D eigenvalue weighted by molar-refractivity contribution is 0.394. The highest BCUT2D eigenvalue weighted by molar-refractivity contribution is 6.00. The first kappa shape index (κ1) is 26.6. The third kappa shape index (κ3) is 5.30. The number of unbranched alkanes of at least 4 members (excludes halogenated alkanes) is 1. The topological polar surface area (TPSA) is 122 Å². The van der Waals surface area contributed by atoms with Gasteiger partial charge in [0.1, 0.15) is 28.6 Å². The normalized spacial score (nSPS) is 11.4. The molecule has 0 radical (unpaired) electrons. The molecule has 9 heteroatoms. The molecule has 2 aromatic heterocycles. The Hall–Kier alpha value is -4.01. The monoisotopic (exact) mass is 494 g/mol. The van der Waals surface area contributed by atoms with E-state index < -0.39 is 5.56 Å². The molecule has 0 atom stereocenters. The van der Waals surface area contributed by atoms with Crippen LogP contribution in [0.2, 0.25) is 0 Å². The van der Waals surface area contributed by atoms with Gasteiger partial charge in [-0.25, -0.2) is 0 Å². The van der Waals surface area contributed by atoms with Gasteiger partial charge in [-0.3, -0.25) is 14.9 Å². The number of aromatic hydroxyl groups is 1. The maximum atomic E-state index is 13.2. The summed E-state index contributed by atoms with van der Waals surface area (Å²) in [6.45, 7) is 9.86. The lowest BCUT2D eigenvalue weighted by Gasteiger charge is -2.20. The highest BCUT2D eigenvalue weighted by Gasteiger charge is 2.27. The van der Waals surface area contributed by atoms with Gasteiger partial charge in [0.05, 0.1) is 31.0 Å². The van der Waals surface area contributed by atoms with Gasteiger partial charge < -0.3 is 24.3 Å². The van der Waals surface area contributed by atoms with Gasteiger partial charge in [0.25, 0.3) is 5.56 Å². The van der Waals surface area contributed by atoms with Gasteiger partial charge in [-0.05, 0) is 38.8 Å². The molecule has 3 aromatic rings. The lowest BCUT2D eigenvalue weighted by atomic mass is 9.95. The van der Waals surface area contributed by atoms with E-state index in [0.29, 0.717) is 46.9 Å². The molecule has 0 saturated heterocycles. The first-order chi connectivity index (χ1) is 17.3. The summed E-state index contributed by atoms with van der Waals surface area (Å²) in [6, 6.07) is 5.34. The van der Waals surface area contributed by atoms with Crippen LogP contribution in [-0.4, -0.2) is 47.5 Å². The van der Waals surface area contributed by atoms with Gasteiger partial charge in [-0.15, -0.1) is 0 Å². The van der Waals surface area contributed by atoms with Gasteiger partial charge in [-0.2, -0.15) is 5.10 Å². The number of hydrogen-bond acceptors (Lipinski definition) is 7. The number of ether oxygens (including phenoxy) is 3. The van der Waals surface area contributed by atoms with Crippen LogP contribution in [0.3, 0.4) is 0 Å².